The molecule has 0 aliphatic carbocycles. The minimum Gasteiger partial charge on any atom is -0.306 e. The quantitative estimate of drug-likeness (QED) is 0.943. The number of hydrogen-bond donors (Lipinski definition) is 1. The smallest absolute Gasteiger partial charge is 0.0965 e. The maximum atomic E-state index is 4.26. The van der Waals surface area contributed by atoms with Gasteiger partial charge < -0.3 is 5.32 Å². The zero-order valence-electron chi connectivity index (χ0n) is 12.8. The van der Waals surface area contributed by atoms with Gasteiger partial charge in [0, 0.05) is 28.4 Å². The number of fused-ring (bicyclic) bond motifs is 1. The molecule has 1 N–H and O–H groups in total. The Morgan fingerprint density at radius 3 is 2.90 bits per heavy atom. The van der Waals surface area contributed by atoms with Crippen LogP contribution in [-0.4, -0.2) is 25.8 Å². The summed E-state index contributed by atoms with van der Waals surface area (Å²) in [6, 6.07) is 8.66. The first-order valence-electron chi connectivity index (χ1n) is 7.38. The van der Waals surface area contributed by atoms with Crippen molar-refractivity contribution in [3.63, 3.8) is 0 Å². The lowest BCUT2D eigenvalue weighted by molar-refractivity contribution is 0.421. The molecule has 1 atom stereocenters. The molecule has 112 valence electrons. The summed E-state index contributed by atoms with van der Waals surface area (Å²) in [5, 5.41) is 12.5. The lowest BCUT2D eigenvalue weighted by Crippen LogP contribution is -2.35. The Hall–Kier alpha value is -1.33. The molecule has 1 aromatic carbocycles. The first-order valence-corrected chi connectivity index (χ1v) is 8.26. The van der Waals surface area contributed by atoms with Crippen LogP contribution in [0.2, 0.25) is 0 Å². The molecule has 4 nitrogen and oxygen atoms in total. The Labute approximate surface area is 130 Å². The summed E-state index contributed by atoms with van der Waals surface area (Å²) < 4.78 is 1.98. The maximum absolute atomic E-state index is 4.26. The third-order valence-electron chi connectivity index (χ3n) is 3.49. The standard InChI is InChI=1S/C16H22N4S/c1-16(2,3)17-9-13-10-20(19-18-13)11-14-8-12-6-4-5-7-15(12)21-14/h4-7,10,14,17H,8-9,11H2,1-3H3. The van der Waals surface area contributed by atoms with Crippen molar-refractivity contribution in [3.05, 3.63) is 41.7 Å². The van der Waals surface area contributed by atoms with Crippen molar-refractivity contribution in [2.24, 2.45) is 0 Å². The van der Waals surface area contributed by atoms with Crippen LogP contribution in [-0.2, 0) is 19.5 Å². The number of nitrogens with zero attached hydrogens (tertiary/aromatic N) is 3. The highest BCUT2D eigenvalue weighted by Gasteiger charge is 2.22. The third-order valence-corrected chi connectivity index (χ3v) is 4.79. The number of nitrogens with one attached hydrogen (secondary N) is 1. The predicted octanol–water partition coefficient (Wildman–Crippen LogP) is 2.88. The summed E-state index contributed by atoms with van der Waals surface area (Å²) in [6.07, 6.45) is 3.18. The molecule has 1 aliphatic heterocycles. The molecule has 0 saturated heterocycles. The van der Waals surface area contributed by atoms with Crippen molar-refractivity contribution < 1.29 is 0 Å². The van der Waals surface area contributed by atoms with Gasteiger partial charge in [0.2, 0.25) is 0 Å². The van der Waals surface area contributed by atoms with Gasteiger partial charge in [0.25, 0.3) is 0 Å². The molecule has 0 spiro atoms. The van der Waals surface area contributed by atoms with E-state index >= 15 is 0 Å². The van der Waals surface area contributed by atoms with E-state index in [2.05, 4.69) is 66.9 Å². The van der Waals surface area contributed by atoms with Gasteiger partial charge in [-0.3, -0.25) is 4.68 Å². The van der Waals surface area contributed by atoms with Crippen molar-refractivity contribution in [3.8, 4) is 0 Å². The van der Waals surface area contributed by atoms with Crippen LogP contribution in [0.15, 0.2) is 35.4 Å². The molecule has 0 radical (unpaired) electrons. The second-order valence-corrected chi connectivity index (χ2v) is 7.93. The molecule has 21 heavy (non-hydrogen) atoms. The normalized spacial score (nSPS) is 18.0. The topological polar surface area (TPSA) is 42.7 Å². The van der Waals surface area contributed by atoms with Crippen LogP contribution in [0.25, 0.3) is 0 Å². The molecule has 2 heterocycles. The van der Waals surface area contributed by atoms with Crippen molar-refractivity contribution in [2.45, 2.75) is 56.0 Å². The summed E-state index contributed by atoms with van der Waals surface area (Å²) in [6.45, 7) is 8.15. The fourth-order valence-electron chi connectivity index (χ4n) is 2.43. The maximum Gasteiger partial charge on any atom is 0.0965 e. The molecular weight excluding hydrogens is 280 g/mol. The van der Waals surface area contributed by atoms with Crippen LogP contribution < -0.4 is 5.32 Å². The van der Waals surface area contributed by atoms with Gasteiger partial charge in [-0.2, -0.15) is 0 Å². The Bertz CT molecular complexity index is 590. The van der Waals surface area contributed by atoms with E-state index in [1.54, 1.807) is 0 Å². The Morgan fingerprint density at radius 2 is 2.14 bits per heavy atom. The van der Waals surface area contributed by atoms with E-state index in [0.717, 1.165) is 25.2 Å². The Morgan fingerprint density at radius 1 is 1.33 bits per heavy atom. The molecule has 0 fully saturated rings. The van der Waals surface area contributed by atoms with E-state index in [4.69, 9.17) is 0 Å². The summed E-state index contributed by atoms with van der Waals surface area (Å²) >= 11 is 1.95. The Balaban J connectivity index is 1.56. The number of hydrogen-bond acceptors (Lipinski definition) is 4. The molecule has 0 bridgehead atoms. The molecule has 1 unspecified atom stereocenters. The summed E-state index contributed by atoms with van der Waals surface area (Å²) in [7, 11) is 0. The highest BCUT2D eigenvalue weighted by molar-refractivity contribution is 8.00. The number of benzene rings is 1. The van der Waals surface area contributed by atoms with E-state index < -0.39 is 0 Å². The van der Waals surface area contributed by atoms with Gasteiger partial charge in [-0.1, -0.05) is 23.4 Å². The molecule has 3 rings (SSSR count). The zero-order valence-corrected chi connectivity index (χ0v) is 13.7. The van der Waals surface area contributed by atoms with E-state index in [1.165, 1.54) is 10.5 Å². The van der Waals surface area contributed by atoms with Gasteiger partial charge in [0.05, 0.1) is 12.2 Å². The third kappa shape index (κ3) is 3.86. The van der Waals surface area contributed by atoms with Gasteiger partial charge in [-0.25, -0.2) is 0 Å². The van der Waals surface area contributed by atoms with E-state index in [1.807, 2.05) is 16.4 Å². The minimum atomic E-state index is 0.104. The highest BCUT2D eigenvalue weighted by Crippen LogP contribution is 2.37. The number of rotatable bonds is 4. The minimum absolute atomic E-state index is 0.104. The largest absolute Gasteiger partial charge is 0.306 e. The highest BCUT2D eigenvalue weighted by atomic mass is 32.2. The molecule has 0 saturated carbocycles. The van der Waals surface area contributed by atoms with Crippen molar-refractivity contribution >= 4 is 11.8 Å². The lowest BCUT2D eigenvalue weighted by atomic mass is 10.1. The second-order valence-electron chi connectivity index (χ2n) is 6.59. The van der Waals surface area contributed by atoms with Crippen molar-refractivity contribution in [2.75, 3.05) is 0 Å². The van der Waals surface area contributed by atoms with Gasteiger partial charge in [-0.15, -0.1) is 16.9 Å². The second kappa shape index (κ2) is 5.81. The van der Waals surface area contributed by atoms with Gasteiger partial charge >= 0.3 is 0 Å². The van der Waals surface area contributed by atoms with Crippen LogP contribution in [0.4, 0.5) is 0 Å². The van der Waals surface area contributed by atoms with Gasteiger partial charge in [-0.05, 0) is 38.8 Å². The fourth-order valence-corrected chi connectivity index (χ4v) is 3.74. The average molecular weight is 302 g/mol. The summed E-state index contributed by atoms with van der Waals surface area (Å²) in [5.41, 5.74) is 2.57. The molecule has 0 amide bonds. The van der Waals surface area contributed by atoms with Crippen LogP contribution >= 0.6 is 11.8 Å². The SMILES string of the molecule is CC(C)(C)NCc1cn(CC2Cc3ccccc3S2)nn1. The predicted molar refractivity (Wildman–Crippen MR) is 86.4 cm³/mol. The lowest BCUT2D eigenvalue weighted by Gasteiger charge is -2.19. The monoisotopic (exact) mass is 302 g/mol. The van der Waals surface area contributed by atoms with Crippen molar-refractivity contribution in [1.82, 2.24) is 20.3 Å². The molecule has 5 heteroatoms. The fraction of sp³-hybridized carbons (Fsp3) is 0.500. The number of aromatic nitrogens is 3. The molecular formula is C16H22N4S. The van der Waals surface area contributed by atoms with E-state index in [-0.39, 0.29) is 5.54 Å². The van der Waals surface area contributed by atoms with Crippen LogP contribution in [0.5, 0.6) is 0 Å². The molecule has 2 aromatic rings. The Kier molecular flexibility index (Phi) is 4.04. The van der Waals surface area contributed by atoms with Crippen LogP contribution in [0.1, 0.15) is 32.0 Å². The van der Waals surface area contributed by atoms with Gasteiger partial charge in [0.1, 0.15) is 0 Å². The molecule has 1 aliphatic rings. The molecule has 1 aromatic heterocycles. The summed E-state index contributed by atoms with van der Waals surface area (Å²) in [4.78, 5) is 1.41. The van der Waals surface area contributed by atoms with E-state index in [0.29, 0.717) is 5.25 Å². The van der Waals surface area contributed by atoms with E-state index in [9.17, 15) is 0 Å². The van der Waals surface area contributed by atoms with Crippen LogP contribution in [0, 0.1) is 0 Å². The summed E-state index contributed by atoms with van der Waals surface area (Å²) in [5.74, 6) is 0. The van der Waals surface area contributed by atoms with Crippen molar-refractivity contribution in [1.29, 1.82) is 0 Å². The average Bonchev–Trinajstić information content (AvgIpc) is 3.01. The first-order chi connectivity index (χ1) is 9.99. The van der Waals surface area contributed by atoms with Crippen LogP contribution in [0.3, 0.4) is 0 Å². The number of thioether (sulfide) groups is 1. The first kappa shape index (κ1) is 14.6. The zero-order chi connectivity index (χ0) is 14.9. The van der Waals surface area contributed by atoms with Gasteiger partial charge in [0.15, 0.2) is 0 Å².